The normalized spacial score (nSPS) is 14.0. The van der Waals surface area contributed by atoms with E-state index in [-0.39, 0.29) is 5.78 Å². The summed E-state index contributed by atoms with van der Waals surface area (Å²) >= 11 is 0. The molecule has 0 unspecified atom stereocenters. The number of Topliss-reactive ketones (excluding diaryl/α,β-unsaturated/α-hetero) is 1. The average molecular weight is 415 g/mol. The van der Waals surface area contributed by atoms with E-state index in [0.29, 0.717) is 18.8 Å². The van der Waals surface area contributed by atoms with E-state index in [9.17, 15) is 4.79 Å². The van der Waals surface area contributed by atoms with Gasteiger partial charge in [-0.3, -0.25) is 9.78 Å². The van der Waals surface area contributed by atoms with Crippen LogP contribution in [0.15, 0.2) is 54.7 Å². The number of hydrogen-bond donors (Lipinski definition) is 0. The van der Waals surface area contributed by atoms with E-state index < -0.39 is 0 Å². The monoisotopic (exact) mass is 414 g/mol. The summed E-state index contributed by atoms with van der Waals surface area (Å²) in [7, 11) is 1.64. The zero-order chi connectivity index (χ0) is 21.6. The van der Waals surface area contributed by atoms with Crippen molar-refractivity contribution >= 4 is 5.78 Å². The number of aromatic nitrogens is 2. The lowest BCUT2D eigenvalue weighted by Crippen LogP contribution is -2.13. The molecule has 1 saturated carbocycles. The molecule has 0 spiro atoms. The Kier molecular flexibility index (Phi) is 6.76. The summed E-state index contributed by atoms with van der Waals surface area (Å²) in [6, 6.07) is 16.1. The maximum atomic E-state index is 12.8. The van der Waals surface area contributed by atoms with Gasteiger partial charge >= 0.3 is 0 Å². The van der Waals surface area contributed by atoms with Crippen molar-refractivity contribution in [2.75, 3.05) is 7.11 Å². The Morgan fingerprint density at radius 2 is 1.68 bits per heavy atom. The first-order chi connectivity index (χ1) is 15.1. The van der Waals surface area contributed by atoms with E-state index in [1.165, 1.54) is 31.2 Å². The predicted octanol–water partition coefficient (Wildman–Crippen LogP) is 5.55. The fraction of sp³-hybridized carbons (Fsp3) is 0.370. The first-order valence-electron chi connectivity index (χ1n) is 11.2. The number of benzene rings is 2. The molecule has 0 atom stereocenters. The number of rotatable bonds is 8. The molecule has 0 N–H and O–H groups in total. The average Bonchev–Trinajstić information content (AvgIpc) is 3.29. The second-order valence-electron chi connectivity index (χ2n) is 8.61. The number of nitrogens with zero attached hydrogens (tertiary/aromatic N) is 2. The van der Waals surface area contributed by atoms with Gasteiger partial charge in [0.2, 0.25) is 0 Å². The Bertz CT molecular complexity index is 1020. The minimum absolute atomic E-state index is 0.162. The predicted molar refractivity (Wildman–Crippen MR) is 123 cm³/mol. The molecule has 0 radical (unpaired) electrons. The van der Waals surface area contributed by atoms with Gasteiger partial charge in [0.25, 0.3) is 0 Å². The molecule has 4 rings (SSSR count). The Morgan fingerprint density at radius 1 is 0.968 bits per heavy atom. The Hall–Kier alpha value is -3.01. The standard InChI is InChI=1S/C27H30N2O2/c1-19-7-11-22(12-8-19)27-18-28-25(26(29-27)16-20-5-3-4-6-20)17-23(30)15-21-9-13-24(31-2)14-10-21/h7-14,18,20H,3-6,15-17H2,1-2H3. The molecule has 0 bridgehead atoms. The van der Waals surface area contributed by atoms with Crippen molar-refractivity contribution in [3.8, 4) is 17.0 Å². The van der Waals surface area contributed by atoms with E-state index in [0.717, 1.165) is 40.4 Å². The van der Waals surface area contributed by atoms with Crippen LogP contribution in [0.5, 0.6) is 5.75 Å². The van der Waals surface area contributed by atoms with Gasteiger partial charge in [-0.1, -0.05) is 67.6 Å². The molecular formula is C27H30N2O2. The van der Waals surface area contributed by atoms with Crippen molar-refractivity contribution < 1.29 is 9.53 Å². The smallest absolute Gasteiger partial charge is 0.143 e. The molecule has 3 aromatic rings. The van der Waals surface area contributed by atoms with Crippen LogP contribution in [0, 0.1) is 12.8 Å². The molecule has 0 aliphatic heterocycles. The Balaban J connectivity index is 1.54. The molecule has 4 nitrogen and oxygen atoms in total. The molecule has 1 aromatic heterocycles. The number of hydrogen-bond acceptors (Lipinski definition) is 4. The largest absolute Gasteiger partial charge is 0.497 e. The summed E-state index contributed by atoms with van der Waals surface area (Å²) < 4.78 is 5.20. The lowest BCUT2D eigenvalue weighted by molar-refractivity contribution is -0.117. The van der Waals surface area contributed by atoms with Crippen LogP contribution >= 0.6 is 0 Å². The third-order valence-electron chi connectivity index (χ3n) is 6.16. The second kappa shape index (κ2) is 9.86. The van der Waals surface area contributed by atoms with Crippen LogP contribution in [0.2, 0.25) is 0 Å². The summed E-state index contributed by atoms with van der Waals surface area (Å²) in [6.45, 7) is 2.08. The highest BCUT2D eigenvalue weighted by Crippen LogP contribution is 2.29. The summed E-state index contributed by atoms with van der Waals surface area (Å²) in [6.07, 6.45) is 8.54. The van der Waals surface area contributed by atoms with Crippen molar-refractivity contribution in [2.24, 2.45) is 5.92 Å². The van der Waals surface area contributed by atoms with Gasteiger partial charge in [-0.15, -0.1) is 0 Å². The zero-order valence-electron chi connectivity index (χ0n) is 18.4. The third kappa shape index (κ3) is 5.57. The van der Waals surface area contributed by atoms with Gasteiger partial charge in [0, 0.05) is 12.0 Å². The van der Waals surface area contributed by atoms with Crippen molar-refractivity contribution in [1.29, 1.82) is 0 Å². The first kappa shape index (κ1) is 21.2. The Labute approximate surface area is 184 Å². The van der Waals surface area contributed by atoms with Gasteiger partial charge in [0.05, 0.1) is 36.8 Å². The number of carbonyl (C=O) groups excluding carboxylic acids is 1. The van der Waals surface area contributed by atoms with Gasteiger partial charge in [-0.2, -0.15) is 0 Å². The number of ether oxygens (including phenoxy) is 1. The van der Waals surface area contributed by atoms with Crippen LogP contribution in [-0.2, 0) is 24.1 Å². The minimum Gasteiger partial charge on any atom is -0.497 e. The highest BCUT2D eigenvalue weighted by molar-refractivity contribution is 5.83. The lowest BCUT2D eigenvalue weighted by atomic mass is 9.97. The summed E-state index contributed by atoms with van der Waals surface area (Å²) in [4.78, 5) is 22.5. The van der Waals surface area contributed by atoms with Crippen LogP contribution in [0.4, 0.5) is 0 Å². The molecule has 0 saturated heterocycles. The molecule has 1 fully saturated rings. The maximum Gasteiger partial charge on any atom is 0.143 e. The van der Waals surface area contributed by atoms with Gasteiger partial charge < -0.3 is 4.74 Å². The molecule has 2 aromatic carbocycles. The molecule has 1 aliphatic rings. The van der Waals surface area contributed by atoms with Crippen LogP contribution in [-0.4, -0.2) is 22.9 Å². The van der Waals surface area contributed by atoms with Gasteiger partial charge in [0.1, 0.15) is 11.5 Å². The lowest BCUT2D eigenvalue weighted by Gasteiger charge is -2.14. The van der Waals surface area contributed by atoms with Crippen LogP contribution in [0.1, 0.15) is 48.2 Å². The number of methoxy groups -OCH3 is 1. The van der Waals surface area contributed by atoms with Crippen molar-refractivity contribution in [2.45, 2.75) is 51.9 Å². The molecule has 1 heterocycles. The van der Waals surface area contributed by atoms with E-state index >= 15 is 0 Å². The van der Waals surface area contributed by atoms with Gasteiger partial charge in [-0.05, 0) is 37.0 Å². The number of carbonyl (C=O) groups is 1. The van der Waals surface area contributed by atoms with E-state index in [4.69, 9.17) is 14.7 Å². The summed E-state index contributed by atoms with van der Waals surface area (Å²) in [5.74, 6) is 1.61. The quantitative estimate of drug-likeness (QED) is 0.485. The molecular weight excluding hydrogens is 384 g/mol. The molecule has 1 aliphatic carbocycles. The summed E-state index contributed by atoms with van der Waals surface area (Å²) in [5.41, 5.74) is 6.01. The van der Waals surface area contributed by atoms with Crippen LogP contribution < -0.4 is 4.74 Å². The number of aryl methyl sites for hydroxylation is 1. The van der Waals surface area contributed by atoms with Gasteiger partial charge in [0.15, 0.2) is 0 Å². The van der Waals surface area contributed by atoms with E-state index in [2.05, 4.69) is 31.2 Å². The van der Waals surface area contributed by atoms with Crippen LogP contribution in [0.25, 0.3) is 11.3 Å². The highest BCUT2D eigenvalue weighted by atomic mass is 16.5. The van der Waals surface area contributed by atoms with Crippen molar-refractivity contribution in [1.82, 2.24) is 9.97 Å². The van der Waals surface area contributed by atoms with E-state index in [1.54, 1.807) is 7.11 Å². The topological polar surface area (TPSA) is 52.1 Å². The second-order valence-corrected chi connectivity index (χ2v) is 8.61. The van der Waals surface area contributed by atoms with E-state index in [1.807, 2.05) is 30.5 Å². The zero-order valence-corrected chi connectivity index (χ0v) is 18.4. The fourth-order valence-corrected chi connectivity index (χ4v) is 4.34. The SMILES string of the molecule is COc1ccc(CC(=O)Cc2ncc(-c3ccc(C)cc3)nc2CC2CCCC2)cc1. The summed E-state index contributed by atoms with van der Waals surface area (Å²) in [5, 5.41) is 0. The highest BCUT2D eigenvalue weighted by Gasteiger charge is 2.20. The molecule has 160 valence electrons. The first-order valence-corrected chi connectivity index (χ1v) is 11.2. The fourth-order valence-electron chi connectivity index (χ4n) is 4.34. The van der Waals surface area contributed by atoms with Crippen LogP contribution in [0.3, 0.4) is 0 Å². The Morgan fingerprint density at radius 3 is 2.35 bits per heavy atom. The van der Waals surface area contributed by atoms with Crippen molar-refractivity contribution in [3.63, 3.8) is 0 Å². The third-order valence-corrected chi connectivity index (χ3v) is 6.16. The van der Waals surface area contributed by atoms with Gasteiger partial charge in [-0.25, -0.2) is 4.98 Å². The molecule has 4 heteroatoms. The molecule has 0 amide bonds. The number of ketones is 1. The van der Waals surface area contributed by atoms with Crippen molar-refractivity contribution in [3.05, 3.63) is 77.2 Å². The minimum atomic E-state index is 0.162. The maximum absolute atomic E-state index is 12.8. The molecule has 31 heavy (non-hydrogen) atoms.